The number of rotatable bonds is 2. The SMILES string of the molecule is C[C@H]1C[C@@H](C(=O)Nc2ccc3oc(=O)[nH]c3c2)CCN1.Cl. The van der Waals surface area contributed by atoms with Crippen LogP contribution < -0.4 is 16.4 Å². The number of benzene rings is 1. The minimum Gasteiger partial charge on any atom is -0.408 e. The van der Waals surface area contributed by atoms with E-state index in [1.807, 2.05) is 0 Å². The summed E-state index contributed by atoms with van der Waals surface area (Å²) in [4.78, 5) is 25.9. The third kappa shape index (κ3) is 3.46. The fourth-order valence-electron chi connectivity index (χ4n) is 2.64. The van der Waals surface area contributed by atoms with E-state index in [4.69, 9.17) is 4.42 Å². The second-order valence-corrected chi connectivity index (χ2v) is 5.29. The van der Waals surface area contributed by atoms with E-state index >= 15 is 0 Å². The van der Waals surface area contributed by atoms with Gasteiger partial charge < -0.3 is 15.1 Å². The van der Waals surface area contributed by atoms with E-state index in [-0.39, 0.29) is 24.2 Å². The smallest absolute Gasteiger partial charge is 0.408 e. The van der Waals surface area contributed by atoms with E-state index in [1.54, 1.807) is 18.2 Å². The Hall–Kier alpha value is -1.79. The van der Waals surface area contributed by atoms with Gasteiger partial charge >= 0.3 is 5.76 Å². The molecule has 2 aromatic rings. The molecule has 3 rings (SSSR count). The molecular formula is C14H18ClN3O3. The van der Waals surface area contributed by atoms with E-state index in [1.165, 1.54) is 0 Å². The average molecular weight is 312 g/mol. The molecule has 0 bridgehead atoms. The summed E-state index contributed by atoms with van der Waals surface area (Å²) < 4.78 is 4.93. The van der Waals surface area contributed by atoms with E-state index in [9.17, 15) is 9.59 Å². The zero-order valence-electron chi connectivity index (χ0n) is 11.6. The number of fused-ring (bicyclic) bond motifs is 1. The van der Waals surface area contributed by atoms with Crippen LogP contribution in [-0.2, 0) is 4.79 Å². The lowest BCUT2D eigenvalue weighted by Gasteiger charge is -2.27. The molecule has 21 heavy (non-hydrogen) atoms. The monoisotopic (exact) mass is 311 g/mol. The lowest BCUT2D eigenvalue weighted by atomic mass is 9.92. The summed E-state index contributed by atoms with van der Waals surface area (Å²) >= 11 is 0. The van der Waals surface area contributed by atoms with Crippen LogP contribution in [-0.4, -0.2) is 23.5 Å². The third-order valence-electron chi connectivity index (χ3n) is 3.68. The average Bonchev–Trinajstić information content (AvgIpc) is 2.78. The van der Waals surface area contributed by atoms with Crippen molar-refractivity contribution in [2.75, 3.05) is 11.9 Å². The molecule has 0 aliphatic carbocycles. The van der Waals surface area contributed by atoms with Gasteiger partial charge in [0.2, 0.25) is 5.91 Å². The number of amides is 1. The Labute approximate surface area is 127 Å². The number of halogens is 1. The summed E-state index contributed by atoms with van der Waals surface area (Å²) in [5.41, 5.74) is 1.75. The summed E-state index contributed by atoms with van der Waals surface area (Å²) in [6, 6.07) is 5.49. The molecule has 2 heterocycles. The first-order valence-corrected chi connectivity index (χ1v) is 6.79. The Morgan fingerprint density at radius 2 is 2.24 bits per heavy atom. The first kappa shape index (κ1) is 15.6. The molecule has 1 fully saturated rings. The highest BCUT2D eigenvalue weighted by atomic mass is 35.5. The molecule has 1 amide bonds. The van der Waals surface area contributed by atoms with Gasteiger partial charge in [-0.05, 0) is 44.5 Å². The summed E-state index contributed by atoms with van der Waals surface area (Å²) in [5, 5.41) is 6.23. The predicted octanol–water partition coefficient (Wildman–Crippen LogP) is 1.87. The second-order valence-electron chi connectivity index (χ2n) is 5.29. The Balaban J connectivity index is 0.00000161. The van der Waals surface area contributed by atoms with Gasteiger partial charge in [-0.2, -0.15) is 0 Å². The zero-order valence-corrected chi connectivity index (χ0v) is 12.5. The van der Waals surface area contributed by atoms with Crippen LogP contribution in [0.25, 0.3) is 11.1 Å². The molecule has 0 spiro atoms. The van der Waals surface area contributed by atoms with Gasteiger partial charge in [-0.3, -0.25) is 9.78 Å². The maximum Gasteiger partial charge on any atom is 0.417 e. The first-order valence-electron chi connectivity index (χ1n) is 6.79. The maximum atomic E-state index is 12.2. The van der Waals surface area contributed by atoms with Gasteiger partial charge in [0.05, 0.1) is 5.52 Å². The van der Waals surface area contributed by atoms with Gasteiger partial charge in [0.25, 0.3) is 0 Å². The maximum absolute atomic E-state index is 12.2. The van der Waals surface area contributed by atoms with Crippen molar-refractivity contribution in [2.45, 2.75) is 25.8 Å². The molecule has 2 atom stereocenters. The quantitative estimate of drug-likeness (QED) is 0.790. The summed E-state index contributed by atoms with van der Waals surface area (Å²) in [6.07, 6.45) is 1.69. The Morgan fingerprint density at radius 1 is 1.43 bits per heavy atom. The number of carbonyl (C=O) groups excluding carboxylic acids is 1. The van der Waals surface area contributed by atoms with Crippen molar-refractivity contribution in [3.63, 3.8) is 0 Å². The van der Waals surface area contributed by atoms with Gasteiger partial charge in [0.15, 0.2) is 5.58 Å². The van der Waals surface area contributed by atoms with Gasteiger partial charge in [0.1, 0.15) is 0 Å². The highest BCUT2D eigenvalue weighted by Gasteiger charge is 2.24. The van der Waals surface area contributed by atoms with E-state index in [2.05, 4.69) is 22.5 Å². The fraction of sp³-hybridized carbons (Fsp3) is 0.429. The first-order chi connectivity index (χ1) is 9.61. The minimum atomic E-state index is -0.490. The van der Waals surface area contributed by atoms with Gasteiger partial charge in [-0.1, -0.05) is 0 Å². The number of hydrogen-bond acceptors (Lipinski definition) is 4. The Bertz CT molecular complexity index is 694. The largest absolute Gasteiger partial charge is 0.417 e. The lowest BCUT2D eigenvalue weighted by molar-refractivity contribution is -0.120. The molecular weight excluding hydrogens is 294 g/mol. The van der Waals surface area contributed by atoms with Crippen molar-refractivity contribution in [3.8, 4) is 0 Å². The number of aromatic amines is 1. The Morgan fingerprint density at radius 3 is 3.00 bits per heavy atom. The van der Waals surface area contributed by atoms with Gasteiger partial charge in [0, 0.05) is 17.6 Å². The van der Waals surface area contributed by atoms with Crippen LogP contribution in [0.2, 0.25) is 0 Å². The van der Waals surface area contributed by atoms with Crippen LogP contribution >= 0.6 is 12.4 Å². The van der Waals surface area contributed by atoms with Gasteiger partial charge in [-0.25, -0.2) is 4.79 Å². The summed E-state index contributed by atoms with van der Waals surface area (Å²) in [5.74, 6) is -0.426. The third-order valence-corrected chi connectivity index (χ3v) is 3.68. The zero-order chi connectivity index (χ0) is 14.1. The summed E-state index contributed by atoms with van der Waals surface area (Å²) in [6.45, 7) is 2.95. The lowest BCUT2D eigenvalue weighted by Crippen LogP contribution is -2.40. The minimum absolute atomic E-state index is 0. The number of carbonyl (C=O) groups is 1. The topological polar surface area (TPSA) is 87.1 Å². The number of hydrogen-bond donors (Lipinski definition) is 3. The number of anilines is 1. The van der Waals surface area contributed by atoms with Crippen LogP contribution in [0, 0.1) is 5.92 Å². The standard InChI is InChI=1S/C14H17N3O3.ClH/c1-8-6-9(4-5-15-8)13(18)16-10-2-3-12-11(7-10)17-14(19)20-12;/h2-3,7-9,15H,4-6H2,1H3,(H,16,18)(H,17,19);1H/t8-,9-;/m0./s1. The van der Waals surface area contributed by atoms with Crippen molar-refractivity contribution in [2.24, 2.45) is 5.92 Å². The Kier molecular flexibility index (Phi) is 4.69. The number of H-pyrrole nitrogens is 1. The van der Waals surface area contributed by atoms with E-state index in [0.717, 1.165) is 19.4 Å². The number of nitrogens with one attached hydrogen (secondary N) is 3. The van der Waals surface area contributed by atoms with Crippen LogP contribution in [0.5, 0.6) is 0 Å². The van der Waals surface area contributed by atoms with Crippen LogP contribution in [0.3, 0.4) is 0 Å². The van der Waals surface area contributed by atoms with Crippen molar-refractivity contribution in [3.05, 3.63) is 28.7 Å². The second kappa shape index (κ2) is 6.32. The van der Waals surface area contributed by atoms with Crippen LogP contribution in [0.15, 0.2) is 27.4 Å². The molecule has 1 aliphatic rings. The molecule has 6 nitrogen and oxygen atoms in total. The van der Waals surface area contributed by atoms with Crippen LogP contribution in [0.1, 0.15) is 19.8 Å². The predicted molar refractivity (Wildman–Crippen MR) is 82.9 cm³/mol. The number of aromatic nitrogens is 1. The molecule has 1 aromatic carbocycles. The van der Waals surface area contributed by atoms with E-state index in [0.29, 0.717) is 22.8 Å². The molecule has 0 radical (unpaired) electrons. The summed E-state index contributed by atoms with van der Waals surface area (Å²) in [7, 11) is 0. The molecule has 7 heteroatoms. The molecule has 1 aliphatic heterocycles. The van der Waals surface area contributed by atoms with Gasteiger partial charge in [-0.15, -0.1) is 12.4 Å². The highest BCUT2D eigenvalue weighted by Crippen LogP contribution is 2.20. The molecule has 3 N–H and O–H groups in total. The molecule has 0 saturated carbocycles. The fourth-order valence-corrected chi connectivity index (χ4v) is 2.64. The van der Waals surface area contributed by atoms with Crippen molar-refractivity contribution < 1.29 is 9.21 Å². The van der Waals surface area contributed by atoms with Crippen LogP contribution in [0.4, 0.5) is 5.69 Å². The van der Waals surface area contributed by atoms with Crippen molar-refractivity contribution in [1.82, 2.24) is 10.3 Å². The number of piperidine rings is 1. The molecule has 1 aromatic heterocycles. The normalized spacial score (nSPS) is 21.8. The van der Waals surface area contributed by atoms with E-state index < -0.39 is 5.76 Å². The molecule has 0 unspecified atom stereocenters. The van der Waals surface area contributed by atoms with Crippen molar-refractivity contribution in [1.29, 1.82) is 0 Å². The van der Waals surface area contributed by atoms with Crippen molar-refractivity contribution >= 4 is 35.1 Å². The molecule has 1 saturated heterocycles. The number of oxazole rings is 1. The highest BCUT2D eigenvalue weighted by molar-refractivity contribution is 5.94. The molecule has 114 valence electrons.